The maximum Gasteiger partial charge on any atom is 0.315 e. The number of pyridine rings is 4. The van der Waals surface area contributed by atoms with Gasteiger partial charge in [0.1, 0.15) is 36.2 Å². The van der Waals surface area contributed by atoms with Crippen LogP contribution in [-0.2, 0) is 41.5 Å². The van der Waals surface area contributed by atoms with E-state index in [0.29, 0.717) is 151 Å². The minimum absolute atomic E-state index is 0.186. The van der Waals surface area contributed by atoms with Crippen molar-refractivity contribution in [3.63, 3.8) is 0 Å². The van der Waals surface area contributed by atoms with Crippen LogP contribution in [0, 0.1) is 13.8 Å². The van der Waals surface area contributed by atoms with Gasteiger partial charge < -0.3 is 78.1 Å². The smallest absolute Gasteiger partial charge is 0.315 e. The van der Waals surface area contributed by atoms with Crippen LogP contribution < -0.4 is 49.7 Å². The van der Waals surface area contributed by atoms with Crippen LogP contribution in [0.15, 0.2) is 170 Å². The second-order valence-corrected chi connectivity index (χ2v) is 22.2. The van der Waals surface area contributed by atoms with E-state index in [2.05, 4.69) is 21.3 Å². The van der Waals surface area contributed by atoms with Crippen LogP contribution in [0.5, 0.6) is 34.5 Å². The maximum absolute atomic E-state index is 12.9. The summed E-state index contributed by atoms with van der Waals surface area (Å²) in [6.07, 6.45) is 0. The van der Waals surface area contributed by atoms with Gasteiger partial charge in [-0.15, -0.1) is 0 Å². The minimum Gasteiger partial charge on any atom is -0.497 e. The molecule has 0 aliphatic carbocycles. The number of ether oxygens (including phenoxy) is 12. The van der Waals surface area contributed by atoms with Crippen LogP contribution >= 0.6 is 0 Å². The number of benzene rings is 5. The van der Waals surface area contributed by atoms with Crippen LogP contribution in [0.2, 0.25) is 0 Å². The summed E-state index contributed by atoms with van der Waals surface area (Å²) in [4.78, 5) is 45.4. The largest absolute Gasteiger partial charge is 0.497 e. The molecule has 22 nitrogen and oxygen atoms in total. The Kier molecular flexibility index (Phi) is 28.8. The highest BCUT2D eigenvalue weighted by atomic mass is 16.6. The zero-order valence-corrected chi connectivity index (χ0v) is 56.4. The Labute approximate surface area is 572 Å². The molecular weight excluding hydrogens is 1250 g/mol. The number of nitrogens with zero attached hydrogens (tertiary/aromatic N) is 4. The number of aromatic nitrogens is 4. The number of rotatable bonds is 40. The first kappa shape index (κ1) is 72.1. The number of carbonyl (C=O) groups is 2. The van der Waals surface area contributed by atoms with Crippen molar-refractivity contribution < 1.29 is 66.4 Å². The summed E-state index contributed by atoms with van der Waals surface area (Å²) in [5.74, 6) is 4.27. The summed E-state index contributed by atoms with van der Waals surface area (Å²) in [7, 11) is 6.57. The molecule has 0 spiro atoms. The van der Waals surface area contributed by atoms with E-state index in [9.17, 15) is 9.59 Å². The number of methoxy groups -OCH3 is 4. The van der Waals surface area contributed by atoms with E-state index in [-0.39, 0.29) is 25.2 Å². The van der Waals surface area contributed by atoms with Crippen LogP contribution in [0.3, 0.4) is 0 Å². The molecule has 4 N–H and O–H groups in total. The molecule has 4 amide bonds. The van der Waals surface area contributed by atoms with Gasteiger partial charge >= 0.3 is 12.1 Å². The number of para-hydroxylation sites is 2. The fourth-order valence-corrected chi connectivity index (χ4v) is 10.2. The summed E-state index contributed by atoms with van der Waals surface area (Å²) in [6, 6.07) is 54.2. The predicted octanol–water partition coefficient (Wildman–Crippen LogP) is 11.8. The quantitative estimate of drug-likeness (QED) is 0.0261. The average molecular weight is 1340 g/mol. The van der Waals surface area contributed by atoms with Gasteiger partial charge in [-0.25, -0.2) is 19.6 Å². The van der Waals surface area contributed by atoms with Gasteiger partial charge in [-0.05, 0) is 168 Å². The number of carbonyl (C=O) groups excluding carboxylic acids is 2. The number of nitrogens with one attached hydrogen (secondary N) is 4. The van der Waals surface area contributed by atoms with Gasteiger partial charge in [-0.3, -0.25) is 9.97 Å². The zero-order valence-electron chi connectivity index (χ0n) is 56.4. The lowest BCUT2D eigenvalue weighted by atomic mass is 10.0. The minimum atomic E-state index is -0.346. The van der Waals surface area contributed by atoms with E-state index in [4.69, 9.17) is 76.8 Å². The Morgan fingerprint density at radius 2 is 0.582 bits per heavy atom. The van der Waals surface area contributed by atoms with Crippen LogP contribution in [0.25, 0.3) is 67.3 Å². The Hall–Kier alpha value is -10.2. The molecule has 9 rings (SSSR count). The third-order valence-electron chi connectivity index (χ3n) is 15.1. The van der Waals surface area contributed by atoms with E-state index >= 15 is 0 Å². The van der Waals surface area contributed by atoms with Crippen molar-refractivity contribution in [3.05, 3.63) is 193 Å². The molecule has 5 aromatic carbocycles. The Bertz CT molecular complexity index is 3670. The molecule has 0 aliphatic rings. The number of hydrogen-bond acceptors (Lipinski definition) is 18. The summed E-state index contributed by atoms with van der Waals surface area (Å²) in [5, 5.41) is 11.6. The van der Waals surface area contributed by atoms with Crippen molar-refractivity contribution in [1.82, 2.24) is 41.2 Å². The molecule has 9 aromatic rings. The second-order valence-electron chi connectivity index (χ2n) is 22.2. The maximum atomic E-state index is 12.9. The summed E-state index contributed by atoms with van der Waals surface area (Å²) in [6.45, 7) is 9.89. The molecule has 22 heteroatoms. The summed E-state index contributed by atoms with van der Waals surface area (Å²) < 4.78 is 67.5. The lowest BCUT2D eigenvalue weighted by molar-refractivity contribution is 0.00851. The topological polar surface area (TPSA) is 245 Å². The van der Waals surface area contributed by atoms with Crippen LogP contribution in [0.4, 0.5) is 9.59 Å². The SMILES string of the molecule is COc1ccc(-c2cc(C)nc(-c3cc(-c4ccc(OC)cc4)cc(CNC(=O)NCCOCCOCCOCCOc4ccccc4OCCOCCOCCOCCNC(=O)NCc4cc(-c5ccc(OC)cc5)cc(-c5cc(-c6ccc(OC)cc6)cc(C)n5)n4)n3)c2)cc1. The first-order valence-electron chi connectivity index (χ1n) is 32.4. The molecule has 0 radical (unpaired) electrons. The molecule has 514 valence electrons. The van der Waals surface area contributed by atoms with E-state index in [1.807, 2.05) is 184 Å². The number of amides is 4. The van der Waals surface area contributed by atoms with E-state index in [1.165, 1.54) is 0 Å². The second kappa shape index (κ2) is 39.1. The first-order chi connectivity index (χ1) is 48.0. The molecule has 0 aliphatic heterocycles. The Morgan fingerprint density at radius 3 is 0.888 bits per heavy atom. The third kappa shape index (κ3) is 23.3. The lowest BCUT2D eigenvalue weighted by Crippen LogP contribution is -2.37. The highest BCUT2D eigenvalue weighted by molar-refractivity contribution is 5.78. The van der Waals surface area contributed by atoms with Crippen molar-refractivity contribution in [2.24, 2.45) is 0 Å². The first-order valence-corrected chi connectivity index (χ1v) is 32.4. The van der Waals surface area contributed by atoms with Gasteiger partial charge in [0.2, 0.25) is 0 Å². The van der Waals surface area contributed by atoms with E-state index in [0.717, 1.165) is 78.9 Å². The predicted molar refractivity (Wildman–Crippen MR) is 375 cm³/mol. The molecule has 0 bridgehead atoms. The van der Waals surface area contributed by atoms with E-state index < -0.39 is 0 Å². The van der Waals surface area contributed by atoms with E-state index in [1.54, 1.807) is 28.4 Å². The highest BCUT2D eigenvalue weighted by Gasteiger charge is 2.16. The van der Waals surface area contributed by atoms with Crippen molar-refractivity contribution in [2.45, 2.75) is 26.9 Å². The molecule has 98 heavy (non-hydrogen) atoms. The normalized spacial score (nSPS) is 11.0. The molecule has 0 unspecified atom stereocenters. The van der Waals surface area contributed by atoms with Crippen LogP contribution in [-0.4, -0.2) is 166 Å². The zero-order chi connectivity index (χ0) is 68.5. The Morgan fingerprint density at radius 1 is 0.306 bits per heavy atom. The van der Waals surface area contributed by atoms with Gasteiger partial charge in [0, 0.05) is 24.5 Å². The highest BCUT2D eigenvalue weighted by Crippen LogP contribution is 2.33. The fraction of sp³-hybridized carbons (Fsp3) is 0.316. The number of aryl methyl sites for hydroxylation is 2. The number of hydrogen-bond donors (Lipinski definition) is 4. The van der Waals surface area contributed by atoms with Gasteiger partial charge in [0.05, 0.1) is 155 Å². The van der Waals surface area contributed by atoms with Crippen molar-refractivity contribution in [2.75, 3.05) is 134 Å². The van der Waals surface area contributed by atoms with Crippen molar-refractivity contribution in [3.8, 4) is 102 Å². The van der Waals surface area contributed by atoms with Gasteiger partial charge in [-0.2, -0.15) is 0 Å². The molecular formula is C76H86N8O14. The third-order valence-corrected chi connectivity index (χ3v) is 15.1. The van der Waals surface area contributed by atoms with Crippen LogP contribution in [0.1, 0.15) is 22.8 Å². The molecule has 0 fully saturated rings. The molecule has 0 atom stereocenters. The van der Waals surface area contributed by atoms with Crippen molar-refractivity contribution in [1.29, 1.82) is 0 Å². The molecule has 4 heterocycles. The van der Waals surface area contributed by atoms with Crippen molar-refractivity contribution >= 4 is 12.1 Å². The standard InChI is InChI=1S/C76H86N8O14/c1-53-43-59(55-11-19-65(87-3)20-12-55)47-69(81-53)71-49-61(57-15-23-67(89-5)24-16-57)45-63(83-71)51-79-75(85)77-27-29-91-31-33-93-35-37-95-39-41-97-73-9-7-8-10-74(73)98-42-40-96-38-36-94-34-32-92-30-28-78-76(86)80-52-64-46-62(58-17-25-68(90-6)26-18-58)50-72(84-64)70-48-60(44-54(2)82-70)56-13-21-66(88-4)22-14-56/h7-26,43-50H,27-42,51-52H2,1-6H3,(H2,77,79,85)(H2,78,80,86). The van der Waals surface area contributed by atoms with Gasteiger partial charge in [-0.1, -0.05) is 60.7 Å². The fourth-order valence-electron chi connectivity index (χ4n) is 10.2. The summed E-state index contributed by atoms with van der Waals surface area (Å²) in [5.41, 5.74) is 13.6. The van der Waals surface area contributed by atoms with Gasteiger partial charge in [0.25, 0.3) is 0 Å². The lowest BCUT2D eigenvalue weighted by Gasteiger charge is -2.13. The number of urea groups is 2. The van der Waals surface area contributed by atoms with Gasteiger partial charge in [0.15, 0.2) is 11.5 Å². The monoisotopic (exact) mass is 1330 g/mol. The average Bonchev–Trinajstić information content (AvgIpc) is 0.814. The summed E-state index contributed by atoms with van der Waals surface area (Å²) >= 11 is 0. The Balaban J connectivity index is 0.576. The molecule has 0 saturated heterocycles. The molecule has 4 aromatic heterocycles. The molecule has 0 saturated carbocycles.